The van der Waals surface area contributed by atoms with Crippen molar-refractivity contribution < 1.29 is 27.9 Å². The van der Waals surface area contributed by atoms with Gasteiger partial charge >= 0.3 is 18.2 Å². The number of hydrogen-bond donors (Lipinski definition) is 2. The van der Waals surface area contributed by atoms with E-state index in [2.05, 4.69) is 15.3 Å². The number of rotatable bonds is 4. The van der Waals surface area contributed by atoms with Crippen molar-refractivity contribution in [1.82, 2.24) is 14.9 Å². The van der Waals surface area contributed by atoms with Crippen molar-refractivity contribution in [3.8, 4) is 10.4 Å². The van der Waals surface area contributed by atoms with Gasteiger partial charge in [0, 0.05) is 12.7 Å². The van der Waals surface area contributed by atoms with E-state index >= 15 is 0 Å². The third kappa shape index (κ3) is 4.11. The summed E-state index contributed by atoms with van der Waals surface area (Å²) in [5.41, 5.74) is -1.20. The average Bonchev–Trinajstić information content (AvgIpc) is 3.28. The Morgan fingerprint density at radius 1 is 1.33 bits per heavy atom. The zero-order valence-corrected chi connectivity index (χ0v) is 17.4. The fourth-order valence-electron chi connectivity index (χ4n) is 3.21. The van der Waals surface area contributed by atoms with Crippen molar-refractivity contribution in [3.05, 3.63) is 29.7 Å². The molecule has 1 atom stereocenters. The highest BCUT2D eigenvalue weighted by Gasteiger charge is 2.49. The minimum Gasteiger partial charge on any atom is -0.480 e. The maximum Gasteiger partial charge on any atom is 0.399 e. The minimum atomic E-state index is -4.46. The molecule has 11 heteroatoms. The van der Waals surface area contributed by atoms with Gasteiger partial charge in [0.05, 0.1) is 16.3 Å². The molecule has 2 aromatic heterocycles. The number of aliphatic carboxylic acids is 1. The second kappa shape index (κ2) is 7.86. The van der Waals surface area contributed by atoms with Crippen molar-refractivity contribution in [2.75, 3.05) is 11.9 Å². The van der Waals surface area contributed by atoms with E-state index in [0.29, 0.717) is 35.5 Å². The molecule has 1 saturated heterocycles. The number of aromatic nitrogens is 2. The van der Waals surface area contributed by atoms with Crippen LogP contribution in [0.1, 0.15) is 38.1 Å². The number of carboxylic acids is 1. The molecule has 0 aliphatic carbocycles. The van der Waals surface area contributed by atoms with Crippen molar-refractivity contribution in [2.24, 2.45) is 0 Å². The number of thiazole rings is 1. The number of anilines is 1. The molecular formula is C19H21F3N4O3S. The largest absolute Gasteiger partial charge is 0.480 e. The highest BCUT2D eigenvalue weighted by Crippen LogP contribution is 2.41. The van der Waals surface area contributed by atoms with E-state index in [4.69, 9.17) is 0 Å². The number of likely N-dealkylation sites (tertiary alicyclic amines) is 1. The summed E-state index contributed by atoms with van der Waals surface area (Å²) < 4.78 is 40.1. The summed E-state index contributed by atoms with van der Waals surface area (Å²) in [4.78, 5) is 33.8. The minimum absolute atomic E-state index is 0.118. The number of alkyl halides is 3. The number of halogens is 3. The van der Waals surface area contributed by atoms with Gasteiger partial charge in [0.15, 0.2) is 5.13 Å². The van der Waals surface area contributed by atoms with Gasteiger partial charge in [0.25, 0.3) is 0 Å². The molecule has 162 valence electrons. The van der Waals surface area contributed by atoms with Crippen LogP contribution >= 0.6 is 11.3 Å². The molecule has 3 heterocycles. The van der Waals surface area contributed by atoms with Crippen molar-refractivity contribution in [2.45, 2.75) is 51.2 Å². The monoisotopic (exact) mass is 442 g/mol. The van der Waals surface area contributed by atoms with Crippen LogP contribution in [0.2, 0.25) is 0 Å². The van der Waals surface area contributed by atoms with Gasteiger partial charge in [-0.2, -0.15) is 13.2 Å². The molecule has 0 saturated carbocycles. The van der Waals surface area contributed by atoms with Crippen LogP contribution in [0, 0.1) is 6.92 Å². The molecule has 1 aliphatic rings. The molecular weight excluding hydrogens is 421 g/mol. The molecule has 1 aliphatic heterocycles. The molecule has 0 unspecified atom stereocenters. The van der Waals surface area contributed by atoms with E-state index in [9.17, 15) is 27.9 Å². The van der Waals surface area contributed by atoms with Gasteiger partial charge in [-0.05, 0) is 51.3 Å². The Hall–Kier alpha value is -2.69. The summed E-state index contributed by atoms with van der Waals surface area (Å²) >= 11 is 1.11. The van der Waals surface area contributed by atoms with Gasteiger partial charge in [-0.3, -0.25) is 10.3 Å². The molecule has 0 bridgehead atoms. The first-order chi connectivity index (χ1) is 13.9. The summed E-state index contributed by atoms with van der Waals surface area (Å²) in [5, 5.41) is 12.1. The maximum atomic E-state index is 13.4. The van der Waals surface area contributed by atoms with Crippen LogP contribution in [0.3, 0.4) is 0 Å². The number of carbonyl (C=O) groups excluding carboxylic acids is 1. The standard InChI is InChI=1S/C19H21F3N4O3S/c1-10-14(11-6-7-23-13(9-11)18(2,3)19(20,21)22)30-16(24-10)25-17(29)26-8-4-5-12(26)15(27)28/h6-7,9,12H,4-5,8H2,1-3H3,(H,27,28)(H,24,25,29)/t12-/m0/s1. The molecule has 30 heavy (non-hydrogen) atoms. The smallest absolute Gasteiger partial charge is 0.399 e. The van der Waals surface area contributed by atoms with Gasteiger partial charge in [0.1, 0.15) is 11.5 Å². The molecule has 7 nitrogen and oxygen atoms in total. The highest BCUT2D eigenvalue weighted by molar-refractivity contribution is 7.19. The molecule has 0 spiro atoms. The lowest BCUT2D eigenvalue weighted by Crippen LogP contribution is -2.42. The number of carbonyl (C=O) groups is 2. The van der Waals surface area contributed by atoms with Gasteiger partial charge in [-0.15, -0.1) is 0 Å². The van der Waals surface area contributed by atoms with Crippen LogP contribution in [0.15, 0.2) is 18.3 Å². The van der Waals surface area contributed by atoms with E-state index in [1.165, 1.54) is 17.2 Å². The molecule has 0 aromatic carbocycles. The van der Waals surface area contributed by atoms with Crippen LogP contribution < -0.4 is 5.32 Å². The average molecular weight is 442 g/mol. The lowest BCUT2D eigenvalue weighted by molar-refractivity contribution is -0.181. The van der Waals surface area contributed by atoms with Gasteiger partial charge in [-0.1, -0.05) is 11.3 Å². The zero-order chi connectivity index (χ0) is 22.3. The van der Waals surface area contributed by atoms with Crippen LogP contribution in [0.4, 0.5) is 23.1 Å². The summed E-state index contributed by atoms with van der Waals surface area (Å²) in [6.07, 6.45) is -2.16. The van der Waals surface area contributed by atoms with E-state index in [0.717, 1.165) is 25.2 Å². The number of aryl methyl sites for hydroxylation is 1. The first kappa shape index (κ1) is 22.0. The number of nitrogens with zero attached hydrogens (tertiary/aromatic N) is 3. The second-order valence-electron chi connectivity index (χ2n) is 7.61. The normalized spacial score (nSPS) is 17.3. The molecule has 1 fully saturated rings. The lowest BCUT2D eigenvalue weighted by atomic mass is 9.87. The summed E-state index contributed by atoms with van der Waals surface area (Å²) in [7, 11) is 0. The van der Waals surface area contributed by atoms with Crippen LogP contribution in [0.5, 0.6) is 0 Å². The molecule has 2 aromatic rings. The molecule has 2 N–H and O–H groups in total. The first-order valence-corrected chi connectivity index (χ1v) is 10.0. The number of amides is 2. The van der Waals surface area contributed by atoms with Gasteiger partial charge < -0.3 is 10.0 Å². The van der Waals surface area contributed by atoms with E-state index in [1.807, 2.05) is 0 Å². The zero-order valence-electron chi connectivity index (χ0n) is 16.6. The lowest BCUT2D eigenvalue weighted by Gasteiger charge is -2.27. The Bertz CT molecular complexity index is 974. The Balaban J connectivity index is 1.84. The predicted octanol–water partition coefficient (Wildman–Crippen LogP) is 4.43. The maximum absolute atomic E-state index is 13.4. The van der Waals surface area contributed by atoms with Gasteiger partial charge in [0.2, 0.25) is 0 Å². The topological polar surface area (TPSA) is 95.4 Å². The number of carboxylic acid groups (broad SMARTS) is 1. The van der Waals surface area contributed by atoms with E-state index < -0.39 is 29.6 Å². The van der Waals surface area contributed by atoms with Gasteiger partial charge in [-0.25, -0.2) is 14.6 Å². The van der Waals surface area contributed by atoms with E-state index in [1.54, 1.807) is 13.0 Å². The fraction of sp³-hybridized carbons (Fsp3) is 0.474. The fourth-order valence-corrected chi connectivity index (χ4v) is 4.16. The molecule has 0 radical (unpaired) electrons. The Morgan fingerprint density at radius 3 is 2.67 bits per heavy atom. The molecule has 3 rings (SSSR count). The quantitative estimate of drug-likeness (QED) is 0.730. The predicted molar refractivity (Wildman–Crippen MR) is 106 cm³/mol. The van der Waals surface area contributed by atoms with E-state index in [-0.39, 0.29) is 10.8 Å². The van der Waals surface area contributed by atoms with Crippen molar-refractivity contribution in [3.63, 3.8) is 0 Å². The van der Waals surface area contributed by atoms with Crippen molar-refractivity contribution >= 4 is 28.5 Å². The number of hydrogen-bond acceptors (Lipinski definition) is 5. The third-order valence-corrected chi connectivity index (χ3v) is 6.30. The Kier molecular flexibility index (Phi) is 5.76. The van der Waals surface area contributed by atoms with Crippen LogP contribution in [-0.4, -0.2) is 50.7 Å². The number of pyridine rings is 1. The van der Waals surface area contributed by atoms with Crippen LogP contribution in [-0.2, 0) is 10.2 Å². The summed E-state index contributed by atoms with van der Waals surface area (Å²) in [5.74, 6) is -1.06. The van der Waals surface area contributed by atoms with Crippen molar-refractivity contribution in [1.29, 1.82) is 0 Å². The SMILES string of the molecule is Cc1nc(NC(=O)N2CCC[C@H]2C(=O)O)sc1-c1ccnc(C(C)(C)C(F)(F)F)c1. The summed E-state index contributed by atoms with van der Waals surface area (Å²) in [6, 6.07) is 1.52. The Labute approximate surface area is 175 Å². The number of urea groups is 1. The summed E-state index contributed by atoms with van der Waals surface area (Å²) in [6.45, 7) is 4.16. The third-order valence-electron chi connectivity index (χ3n) is 5.18. The number of nitrogens with one attached hydrogen (secondary N) is 1. The van der Waals surface area contributed by atoms with Crippen LogP contribution in [0.25, 0.3) is 10.4 Å². The first-order valence-electron chi connectivity index (χ1n) is 9.23. The highest BCUT2D eigenvalue weighted by atomic mass is 32.1. The molecule has 2 amide bonds. The Morgan fingerprint density at radius 2 is 2.03 bits per heavy atom. The second-order valence-corrected chi connectivity index (χ2v) is 8.60.